The van der Waals surface area contributed by atoms with E-state index in [9.17, 15) is 19.2 Å². The summed E-state index contributed by atoms with van der Waals surface area (Å²) >= 11 is 0. The van der Waals surface area contributed by atoms with Gasteiger partial charge in [0.05, 0.1) is 0 Å². The zero-order chi connectivity index (χ0) is 21.6. The topological polar surface area (TPSA) is 105 Å². The zero-order valence-corrected chi connectivity index (χ0v) is 17.4. The van der Waals surface area contributed by atoms with Crippen LogP contribution in [-0.2, 0) is 23.9 Å². The van der Waals surface area contributed by atoms with Crippen LogP contribution in [0.15, 0.2) is 12.7 Å². The average Bonchev–Trinajstić information content (AvgIpc) is 3.31. The Bertz CT molecular complexity index is 657. The van der Waals surface area contributed by atoms with Crippen molar-refractivity contribution in [2.45, 2.75) is 64.1 Å². The molecule has 0 radical (unpaired) electrons. The Hall–Kier alpha value is -2.58. The highest BCUT2D eigenvalue weighted by atomic mass is 16.6. The van der Waals surface area contributed by atoms with E-state index in [1.54, 1.807) is 20.8 Å². The number of ether oxygens (including phenoxy) is 2. The van der Waals surface area contributed by atoms with Crippen molar-refractivity contribution >= 4 is 23.9 Å². The molecule has 2 fully saturated rings. The van der Waals surface area contributed by atoms with Crippen molar-refractivity contribution in [2.24, 2.45) is 0 Å². The van der Waals surface area contributed by atoms with E-state index >= 15 is 0 Å². The fourth-order valence-electron chi connectivity index (χ4n) is 3.60. The third-order valence-corrected chi connectivity index (χ3v) is 4.76. The van der Waals surface area contributed by atoms with Gasteiger partial charge >= 0.3 is 12.1 Å². The number of hydrogen-bond donors (Lipinski definition) is 1. The second-order valence-corrected chi connectivity index (χ2v) is 8.21. The largest absolute Gasteiger partial charge is 0.459 e. The number of likely N-dealkylation sites (tertiary alicyclic amines) is 2. The summed E-state index contributed by atoms with van der Waals surface area (Å²) in [5, 5.41) is 2.56. The van der Waals surface area contributed by atoms with Crippen molar-refractivity contribution in [1.82, 2.24) is 15.1 Å². The summed E-state index contributed by atoms with van der Waals surface area (Å²) in [6.07, 6.45) is 3.35. The Kier molecular flexibility index (Phi) is 7.64. The summed E-state index contributed by atoms with van der Waals surface area (Å²) in [7, 11) is 0. The molecule has 0 spiro atoms. The highest BCUT2D eigenvalue weighted by Gasteiger charge is 2.42. The molecule has 2 atom stereocenters. The monoisotopic (exact) mass is 409 g/mol. The maximum Gasteiger partial charge on any atom is 0.410 e. The van der Waals surface area contributed by atoms with E-state index in [0.29, 0.717) is 38.8 Å². The number of amides is 3. The van der Waals surface area contributed by atoms with Crippen LogP contribution in [0.4, 0.5) is 4.79 Å². The molecule has 0 saturated carbocycles. The van der Waals surface area contributed by atoms with Gasteiger partial charge in [-0.05, 0) is 46.5 Å². The van der Waals surface area contributed by atoms with Crippen molar-refractivity contribution in [3.05, 3.63) is 12.7 Å². The van der Waals surface area contributed by atoms with Crippen molar-refractivity contribution in [3.8, 4) is 0 Å². The average molecular weight is 409 g/mol. The Morgan fingerprint density at radius 1 is 1.07 bits per heavy atom. The number of nitrogens with zero attached hydrogens (tertiary/aromatic N) is 2. The van der Waals surface area contributed by atoms with Crippen LogP contribution < -0.4 is 5.32 Å². The first-order valence-corrected chi connectivity index (χ1v) is 9.98. The first-order valence-electron chi connectivity index (χ1n) is 9.98. The lowest BCUT2D eigenvalue weighted by molar-refractivity contribution is -0.154. The van der Waals surface area contributed by atoms with Gasteiger partial charge in [0.2, 0.25) is 11.8 Å². The number of esters is 1. The Balaban J connectivity index is 1.95. The van der Waals surface area contributed by atoms with Gasteiger partial charge in [-0.1, -0.05) is 12.7 Å². The molecule has 0 unspecified atom stereocenters. The van der Waals surface area contributed by atoms with Crippen molar-refractivity contribution in [2.75, 3.05) is 26.2 Å². The predicted octanol–water partition coefficient (Wildman–Crippen LogP) is 1.22. The van der Waals surface area contributed by atoms with Crippen molar-refractivity contribution < 1.29 is 28.7 Å². The molecule has 2 aliphatic rings. The maximum atomic E-state index is 13.1. The van der Waals surface area contributed by atoms with Crippen LogP contribution in [0.2, 0.25) is 0 Å². The predicted molar refractivity (Wildman–Crippen MR) is 105 cm³/mol. The molecule has 0 aromatic carbocycles. The summed E-state index contributed by atoms with van der Waals surface area (Å²) in [5.74, 6) is -1.18. The minimum Gasteiger partial charge on any atom is -0.459 e. The zero-order valence-electron chi connectivity index (χ0n) is 17.4. The molecular formula is C20H31N3O6. The molecule has 0 aliphatic carbocycles. The second kappa shape index (κ2) is 9.76. The molecule has 0 bridgehead atoms. The van der Waals surface area contributed by atoms with E-state index in [1.807, 2.05) is 0 Å². The number of rotatable bonds is 6. The molecule has 0 aromatic rings. The van der Waals surface area contributed by atoms with Gasteiger partial charge in [0.1, 0.15) is 30.8 Å². The first kappa shape index (κ1) is 22.7. The number of carbonyl (C=O) groups is 4. The van der Waals surface area contributed by atoms with Gasteiger partial charge in [-0.15, -0.1) is 0 Å². The molecular weight excluding hydrogens is 378 g/mol. The summed E-state index contributed by atoms with van der Waals surface area (Å²) in [6, 6.07) is -1.29. The van der Waals surface area contributed by atoms with Gasteiger partial charge in [-0.3, -0.25) is 19.3 Å². The lowest BCUT2D eigenvalue weighted by Crippen LogP contribution is -2.53. The minimum atomic E-state index is -0.656. The Morgan fingerprint density at radius 3 is 2.31 bits per heavy atom. The molecule has 2 aliphatic heterocycles. The summed E-state index contributed by atoms with van der Waals surface area (Å²) < 4.78 is 10.2. The van der Waals surface area contributed by atoms with Gasteiger partial charge in [0.15, 0.2) is 0 Å². The Morgan fingerprint density at radius 2 is 1.69 bits per heavy atom. The molecule has 0 aromatic heterocycles. The molecule has 2 heterocycles. The summed E-state index contributed by atoms with van der Waals surface area (Å²) in [6.45, 7) is 9.46. The van der Waals surface area contributed by atoms with Crippen LogP contribution >= 0.6 is 0 Å². The van der Waals surface area contributed by atoms with Crippen molar-refractivity contribution in [3.63, 3.8) is 0 Å². The van der Waals surface area contributed by atoms with Crippen molar-refractivity contribution in [1.29, 1.82) is 0 Å². The number of carbonyl (C=O) groups excluding carboxylic acids is 4. The standard InChI is InChI=1S/C20H31N3O6/c1-5-12-28-19(27)23-11-7-9-15(23)18(26)22-10-6-8-14(22)17(25)21-13-16(24)29-20(2,3)4/h5,14-15H,1,6-13H2,2-4H3,(H,21,25)/t14-,15-/m0/s1. The van der Waals surface area contributed by atoms with Crippen LogP contribution in [0.1, 0.15) is 46.5 Å². The molecule has 29 heavy (non-hydrogen) atoms. The van der Waals surface area contributed by atoms with Gasteiger partial charge in [0, 0.05) is 13.1 Å². The van der Waals surface area contributed by atoms with E-state index in [2.05, 4.69) is 11.9 Å². The van der Waals surface area contributed by atoms with E-state index < -0.39 is 29.7 Å². The quantitative estimate of drug-likeness (QED) is 0.522. The molecule has 2 saturated heterocycles. The molecule has 9 nitrogen and oxygen atoms in total. The van der Waals surface area contributed by atoms with E-state index in [-0.39, 0.29) is 25.0 Å². The lowest BCUT2D eigenvalue weighted by Gasteiger charge is -2.30. The number of hydrogen-bond acceptors (Lipinski definition) is 6. The molecule has 3 amide bonds. The second-order valence-electron chi connectivity index (χ2n) is 8.21. The van der Waals surface area contributed by atoms with Gasteiger partial charge in [0.25, 0.3) is 0 Å². The van der Waals surface area contributed by atoms with E-state index in [1.165, 1.54) is 15.9 Å². The van der Waals surface area contributed by atoms with E-state index in [0.717, 1.165) is 0 Å². The fraction of sp³-hybridized carbons (Fsp3) is 0.700. The normalized spacial score (nSPS) is 21.6. The lowest BCUT2D eigenvalue weighted by atomic mass is 10.1. The van der Waals surface area contributed by atoms with Gasteiger partial charge < -0.3 is 19.7 Å². The third kappa shape index (κ3) is 6.20. The summed E-state index contributed by atoms with van der Waals surface area (Å²) in [5.41, 5.74) is -0.636. The SMILES string of the molecule is C=CCOC(=O)N1CCC[C@H]1C(=O)N1CCC[C@H]1C(=O)NCC(=O)OC(C)(C)C. The summed E-state index contributed by atoms with van der Waals surface area (Å²) in [4.78, 5) is 52.6. The molecule has 162 valence electrons. The fourth-order valence-corrected chi connectivity index (χ4v) is 3.60. The van der Waals surface area contributed by atoms with Gasteiger partial charge in [-0.25, -0.2) is 4.79 Å². The van der Waals surface area contributed by atoms with Crippen LogP contribution in [0.25, 0.3) is 0 Å². The molecule has 2 rings (SSSR count). The van der Waals surface area contributed by atoms with Crippen LogP contribution in [0.3, 0.4) is 0 Å². The highest BCUT2D eigenvalue weighted by Crippen LogP contribution is 2.25. The smallest absolute Gasteiger partial charge is 0.410 e. The third-order valence-electron chi connectivity index (χ3n) is 4.76. The van der Waals surface area contributed by atoms with Gasteiger partial charge in [-0.2, -0.15) is 0 Å². The minimum absolute atomic E-state index is 0.0790. The highest BCUT2D eigenvalue weighted by molar-refractivity contribution is 5.93. The molecule has 1 N–H and O–H groups in total. The maximum absolute atomic E-state index is 13.1. The Labute approximate surface area is 171 Å². The van der Waals surface area contributed by atoms with Crippen LogP contribution in [-0.4, -0.2) is 77.6 Å². The van der Waals surface area contributed by atoms with E-state index in [4.69, 9.17) is 9.47 Å². The first-order chi connectivity index (χ1) is 13.6. The molecule has 9 heteroatoms. The number of nitrogens with one attached hydrogen (secondary N) is 1. The van der Waals surface area contributed by atoms with Crippen LogP contribution in [0, 0.1) is 0 Å². The van der Waals surface area contributed by atoms with Crippen LogP contribution in [0.5, 0.6) is 0 Å².